The highest BCUT2D eigenvalue weighted by molar-refractivity contribution is 5.76. The number of nitrogens with zero attached hydrogens (tertiary/aromatic N) is 1. The monoisotopic (exact) mass is 246 g/mol. The first-order valence-corrected chi connectivity index (χ1v) is 6.04. The lowest BCUT2D eigenvalue weighted by molar-refractivity contribution is -0.121. The molecule has 1 atom stereocenters. The SMILES string of the molecule is CCCCC(=O)NC(C#N)c1ccc(OC)cc1. The molecule has 0 spiro atoms. The van der Waals surface area contributed by atoms with E-state index in [0.717, 1.165) is 24.2 Å². The van der Waals surface area contributed by atoms with Crippen molar-refractivity contribution < 1.29 is 9.53 Å². The van der Waals surface area contributed by atoms with Crippen LogP contribution in [0.2, 0.25) is 0 Å². The number of amides is 1. The van der Waals surface area contributed by atoms with Crippen LogP contribution in [0.1, 0.15) is 37.8 Å². The molecule has 0 aliphatic carbocycles. The Bertz CT molecular complexity index is 420. The molecule has 1 N–H and O–H groups in total. The van der Waals surface area contributed by atoms with Crippen LogP contribution < -0.4 is 10.1 Å². The fraction of sp³-hybridized carbons (Fsp3) is 0.429. The summed E-state index contributed by atoms with van der Waals surface area (Å²) in [6, 6.07) is 8.61. The van der Waals surface area contributed by atoms with Crippen molar-refractivity contribution in [3.63, 3.8) is 0 Å². The highest BCUT2D eigenvalue weighted by Crippen LogP contribution is 2.17. The van der Waals surface area contributed by atoms with Crippen LogP contribution in [0.25, 0.3) is 0 Å². The van der Waals surface area contributed by atoms with E-state index in [2.05, 4.69) is 11.4 Å². The number of rotatable bonds is 6. The predicted octanol–water partition coefficient (Wildman–Crippen LogP) is 2.57. The van der Waals surface area contributed by atoms with Gasteiger partial charge in [0.15, 0.2) is 0 Å². The number of methoxy groups -OCH3 is 1. The zero-order valence-electron chi connectivity index (χ0n) is 10.8. The summed E-state index contributed by atoms with van der Waals surface area (Å²) in [5.74, 6) is 0.645. The molecule has 96 valence electrons. The van der Waals surface area contributed by atoms with Crippen LogP contribution in [-0.2, 0) is 4.79 Å². The van der Waals surface area contributed by atoms with Gasteiger partial charge >= 0.3 is 0 Å². The van der Waals surface area contributed by atoms with Crippen LogP contribution >= 0.6 is 0 Å². The minimum absolute atomic E-state index is 0.0841. The molecule has 1 unspecified atom stereocenters. The van der Waals surface area contributed by atoms with E-state index in [9.17, 15) is 4.79 Å². The lowest BCUT2D eigenvalue weighted by Gasteiger charge is -2.12. The molecule has 4 nitrogen and oxygen atoms in total. The number of ether oxygens (including phenoxy) is 1. The summed E-state index contributed by atoms with van der Waals surface area (Å²) < 4.78 is 5.05. The molecule has 4 heteroatoms. The van der Waals surface area contributed by atoms with Crippen molar-refractivity contribution >= 4 is 5.91 Å². The molecule has 0 bridgehead atoms. The lowest BCUT2D eigenvalue weighted by Crippen LogP contribution is -2.27. The third kappa shape index (κ3) is 4.10. The molecule has 18 heavy (non-hydrogen) atoms. The topological polar surface area (TPSA) is 62.1 Å². The molecule has 0 heterocycles. The average molecular weight is 246 g/mol. The van der Waals surface area contributed by atoms with Crippen LogP contribution in [0.5, 0.6) is 5.75 Å². The Hall–Kier alpha value is -2.02. The van der Waals surface area contributed by atoms with Gasteiger partial charge in [0.05, 0.1) is 13.2 Å². The summed E-state index contributed by atoms with van der Waals surface area (Å²) in [5, 5.41) is 11.8. The van der Waals surface area contributed by atoms with Crippen LogP contribution in [0.4, 0.5) is 0 Å². The van der Waals surface area contributed by atoms with Crippen molar-refractivity contribution in [1.29, 1.82) is 5.26 Å². The second kappa shape index (κ2) is 7.33. The fourth-order valence-corrected chi connectivity index (χ4v) is 1.56. The summed E-state index contributed by atoms with van der Waals surface area (Å²) in [7, 11) is 1.59. The van der Waals surface area contributed by atoms with Gasteiger partial charge in [-0.25, -0.2) is 0 Å². The zero-order chi connectivity index (χ0) is 13.4. The Morgan fingerprint density at radius 2 is 2.11 bits per heavy atom. The Morgan fingerprint density at radius 1 is 1.44 bits per heavy atom. The lowest BCUT2D eigenvalue weighted by atomic mass is 10.1. The van der Waals surface area contributed by atoms with Crippen molar-refractivity contribution in [2.75, 3.05) is 7.11 Å². The van der Waals surface area contributed by atoms with E-state index >= 15 is 0 Å². The van der Waals surface area contributed by atoms with E-state index in [1.165, 1.54) is 0 Å². The Kier molecular flexibility index (Phi) is 5.72. The highest BCUT2D eigenvalue weighted by atomic mass is 16.5. The predicted molar refractivity (Wildman–Crippen MR) is 69.0 cm³/mol. The van der Waals surface area contributed by atoms with Crippen molar-refractivity contribution in [2.45, 2.75) is 32.2 Å². The van der Waals surface area contributed by atoms with E-state index in [1.807, 2.05) is 6.92 Å². The maximum absolute atomic E-state index is 11.6. The number of hydrogen-bond acceptors (Lipinski definition) is 3. The molecule has 1 aromatic rings. The second-order valence-electron chi connectivity index (χ2n) is 4.01. The first kappa shape index (κ1) is 14.0. The maximum atomic E-state index is 11.6. The summed E-state index contributed by atoms with van der Waals surface area (Å²) in [6.07, 6.45) is 2.27. The minimum Gasteiger partial charge on any atom is -0.497 e. The average Bonchev–Trinajstić information content (AvgIpc) is 2.42. The van der Waals surface area contributed by atoms with E-state index in [0.29, 0.717) is 6.42 Å². The molecule has 0 aliphatic rings. The van der Waals surface area contributed by atoms with Crippen molar-refractivity contribution in [3.05, 3.63) is 29.8 Å². The first-order chi connectivity index (χ1) is 8.71. The molecule has 0 aliphatic heterocycles. The van der Waals surface area contributed by atoms with Gasteiger partial charge in [-0.1, -0.05) is 25.5 Å². The zero-order valence-corrected chi connectivity index (χ0v) is 10.8. The number of nitriles is 1. The first-order valence-electron chi connectivity index (χ1n) is 6.04. The molecule has 0 aromatic heterocycles. The molecular formula is C14H18N2O2. The van der Waals surface area contributed by atoms with Gasteiger partial charge in [0.2, 0.25) is 5.91 Å². The maximum Gasteiger partial charge on any atom is 0.221 e. The second-order valence-corrected chi connectivity index (χ2v) is 4.01. The third-order valence-corrected chi connectivity index (χ3v) is 2.64. The molecular weight excluding hydrogens is 228 g/mol. The third-order valence-electron chi connectivity index (χ3n) is 2.64. The molecule has 0 saturated heterocycles. The number of carbonyl (C=O) groups excluding carboxylic acids is 1. The van der Waals surface area contributed by atoms with Crippen LogP contribution in [-0.4, -0.2) is 13.0 Å². The highest BCUT2D eigenvalue weighted by Gasteiger charge is 2.13. The number of carbonyl (C=O) groups is 1. The van der Waals surface area contributed by atoms with Gasteiger partial charge in [0.25, 0.3) is 0 Å². The molecule has 1 aromatic carbocycles. The summed E-state index contributed by atoms with van der Waals surface area (Å²) >= 11 is 0. The summed E-state index contributed by atoms with van der Waals surface area (Å²) in [4.78, 5) is 11.6. The standard InChI is InChI=1S/C14H18N2O2/c1-3-4-5-14(17)16-13(10-15)11-6-8-12(18-2)9-7-11/h6-9,13H,3-5H2,1-2H3,(H,16,17). The fourth-order valence-electron chi connectivity index (χ4n) is 1.56. The van der Waals surface area contributed by atoms with Gasteiger partial charge < -0.3 is 10.1 Å². The van der Waals surface area contributed by atoms with Crippen molar-refractivity contribution in [1.82, 2.24) is 5.32 Å². The van der Waals surface area contributed by atoms with E-state index in [-0.39, 0.29) is 5.91 Å². The largest absolute Gasteiger partial charge is 0.497 e. The molecule has 0 radical (unpaired) electrons. The van der Waals surface area contributed by atoms with Gasteiger partial charge in [-0.15, -0.1) is 0 Å². The minimum atomic E-state index is -0.597. The van der Waals surface area contributed by atoms with Crippen molar-refractivity contribution in [3.8, 4) is 11.8 Å². The Balaban J connectivity index is 2.65. The normalized spacial score (nSPS) is 11.4. The molecule has 1 amide bonds. The summed E-state index contributed by atoms with van der Waals surface area (Å²) in [6.45, 7) is 2.03. The number of benzene rings is 1. The molecule has 0 saturated carbocycles. The number of unbranched alkanes of at least 4 members (excludes halogenated alkanes) is 1. The van der Waals surface area contributed by atoms with E-state index in [4.69, 9.17) is 10.00 Å². The van der Waals surface area contributed by atoms with Gasteiger partial charge in [0.1, 0.15) is 11.8 Å². The molecule has 1 rings (SSSR count). The van der Waals surface area contributed by atoms with Crippen LogP contribution in [0.3, 0.4) is 0 Å². The summed E-state index contributed by atoms with van der Waals surface area (Å²) in [5.41, 5.74) is 0.767. The smallest absolute Gasteiger partial charge is 0.221 e. The van der Waals surface area contributed by atoms with Crippen molar-refractivity contribution in [2.24, 2.45) is 0 Å². The van der Waals surface area contributed by atoms with E-state index < -0.39 is 6.04 Å². The van der Waals surface area contributed by atoms with Gasteiger partial charge in [-0.2, -0.15) is 5.26 Å². The molecule has 0 fully saturated rings. The quantitative estimate of drug-likeness (QED) is 0.839. The number of nitrogens with one attached hydrogen (secondary N) is 1. The van der Waals surface area contributed by atoms with Crippen LogP contribution in [0, 0.1) is 11.3 Å². The van der Waals surface area contributed by atoms with Gasteiger partial charge in [-0.3, -0.25) is 4.79 Å². The Labute approximate surface area is 108 Å². The van der Waals surface area contributed by atoms with E-state index in [1.54, 1.807) is 31.4 Å². The van der Waals surface area contributed by atoms with Gasteiger partial charge in [0, 0.05) is 6.42 Å². The van der Waals surface area contributed by atoms with Crippen LogP contribution in [0.15, 0.2) is 24.3 Å². The van der Waals surface area contributed by atoms with Gasteiger partial charge in [-0.05, 0) is 24.1 Å². The number of hydrogen-bond donors (Lipinski definition) is 1. The Morgan fingerprint density at radius 3 is 2.61 bits per heavy atom.